The first-order valence-corrected chi connectivity index (χ1v) is 7.63. The molecule has 0 aliphatic heterocycles. The number of nitrogens with one attached hydrogen (secondary N) is 1. The van der Waals surface area contributed by atoms with Crippen LogP contribution in [0.15, 0.2) is 22.7 Å². The Bertz CT molecular complexity index is 397. The van der Waals surface area contributed by atoms with Crippen molar-refractivity contribution in [3.05, 3.63) is 33.8 Å². The van der Waals surface area contributed by atoms with Crippen molar-refractivity contribution in [2.75, 3.05) is 0 Å². The molecule has 18 heavy (non-hydrogen) atoms. The molecule has 1 fully saturated rings. The smallest absolute Gasteiger partial charge is 0.0490 e. The Balaban J connectivity index is 2.17. The number of hydrogen-bond acceptors (Lipinski definition) is 2. The van der Waals surface area contributed by atoms with Gasteiger partial charge in [0.05, 0.1) is 0 Å². The van der Waals surface area contributed by atoms with Gasteiger partial charge in [0.1, 0.15) is 0 Å². The molecule has 1 atom stereocenters. The van der Waals surface area contributed by atoms with Gasteiger partial charge in [-0.2, -0.15) is 0 Å². The molecule has 1 saturated carbocycles. The van der Waals surface area contributed by atoms with E-state index in [1.165, 1.54) is 36.8 Å². The predicted octanol–water partition coefficient (Wildman–Crippen LogP) is 4.09. The molecule has 1 aliphatic rings. The van der Waals surface area contributed by atoms with Crippen LogP contribution in [0.25, 0.3) is 0 Å². The standard InChI is InChI=1S/C15H23BrN2/c1-10-3-5-12(6-4-10)15(18-17)14-8-7-13(16)9-11(14)2/h7-10,12,15,18H,3-6,17H2,1-2H3. The number of benzene rings is 1. The molecular weight excluding hydrogens is 288 g/mol. The molecule has 100 valence electrons. The van der Waals surface area contributed by atoms with Crippen molar-refractivity contribution in [1.29, 1.82) is 0 Å². The lowest BCUT2D eigenvalue weighted by Crippen LogP contribution is -2.35. The Morgan fingerprint density at radius 3 is 2.50 bits per heavy atom. The van der Waals surface area contributed by atoms with Gasteiger partial charge in [-0.05, 0) is 54.9 Å². The molecule has 1 aliphatic carbocycles. The molecule has 2 rings (SSSR count). The fourth-order valence-corrected chi connectivity index (χ4v) is 3.56. The number of nitrogens with two attached hydrogens (primary N) is 1. The van der Waals surface area contributed by atoms with Crippen molar-refractivity contribution in [2.24, 2.45) is 17.7 Å². The van der Waals surface area contributed by atoms with Crippen LogP contribution in [-0.4, -0.2) is 0 Å². The Hall–Kier alpha value is -0.380. The van der Waals surface area contributed by atoms with Crippen molar-refractivity contribution in [2.45, 2.75) is 45.6 Å². The maximum absolute atomic E-state index is 5.82. The van der Waals surface area contributed by atoms with Gasteiger partial charge in [0.15, 0.2) is 0 Å². The minimum atomic E-state index is 0.297. The summed E-state index contributed by atoms with van der Waals surface area (Å²) in [4.78, 5) is 0. The van der Waals surface area contributed by atoms with Crippen LogP contribution in [0.4, 0.5) is 0 Å². The van der Waals surface area contributed by atoms with Crippen LogP contribution < -0.4 is 11.3 Å². The summed E-state index contributed by atoms with van der Waals surface area (Å²) in [5, 5.41) is 0. The van der Waals surface area contributed by atoms with Crippen molar-refractivity contribution in [1.82, 2.24) is 5.43 Å². The normalized spacial score (nSPS) is 26.0. The minimum Gasteiger partial charge on any atom is -0.271 e. The zero-order valence-electron chi connectivity index (χ0n) is 11.2. The fraction of sp³-hybridized carbons (Fsp3) is 0.600. The van der Waals surface area contributed by atoms with Crippen LogP contribution in [0.2, 0.25) is 0 Å². The monoisotopic (exact) mass is 310 g/mol. The van der Waals surface area contributed by atoms with Crippen LogP contribution >= 0.6 is 15.9 Å². The van der Waals surface area contributed by atoms with E-state index < -0.39 is 0 Å². The van der Waals surface area contributed by atoms with E-state index in [0.29, 0.717) is 12.0 Å². The summed E-state index contributed by atoms with van der Waals surface area (Å²) in [6.07, 6.45) is 5.23. The van der Waals surface area contributed by atoms with E-state index in [9.17, 15) is 0 Å². The number of aryl methyl sites for hydroxylation is 1. The molecule has 0 heterocycles. The van der Waals surface area contributed by atoms with Gasteiger partial charge in [-0.15, -0.1) is 0 Å². The van der Waals surface area contributed by atoms with Crippen LogP contribution in [0.5, 0.6) is 0 Å². The minimum absolute atomic E-state index is 0.297. The van der Waals surface area contributed by atoms with Crippen LogP contribution in [0.3, 0.4) is 0 Å². The third kappa shape index (κ3) is 3.14. The lowest BCUT2D eigenvalue weighted by Gasteiger charge is -2.33. The first-order valence-electron chi connectivity index (χ1n) is 6.84. The van der Waals surface area contributed by atoms with Gasteiger partial charge >= 0.3 is 0 Å². The molecule has 1 aromatic rings. The number of halogens is 1. The molecule has 0 bridgehead atoms. The Morgan fingerprint density at radius 2 is 1.94 bits per heavy atom. The van der Waals surface area contributed by atoms with E-state index in [0.717, 1.165) is 10.4 Å². The van der Waals surface area contributed by atoms with Gasteiger partial charge in [0.25, 0.3) is 0 Å². The van der Waals surface area contributed by atoms with Gasteiger partial charge < -0.3 is 0 Å². The summed E-state index contributed by atoms with van der Waals surface area (Å²) < 4.78 is 1.14. The largest absolute Gasteiger partial charge is 0.271 e. The zero-order chi connectivity index (χ0) is 13.1. The summed E-state index contributed by atoms with van der Waals surface area (Å²) in [6.45, 7) is 4.52. The van der Waals surface area contributed by atoms with Gasteiger partial charge in [-0.1, -0.05) is 41.8 Å². The Morgan fingerprint density at radius 1 is 1.28 bits per heavy atom. The van der Waals surface area contributed by atoms with Gasteiger partial charge in [-0.3, -0.25) is 11.3 Å². The van der Waals surface area contributed by atoms with E-state index in [2.05, 4.69) is 53.4 Å². The second-order valence-corrected chi connectivity index (χ2v) is 6.58. The third-order valence-corrected chi connectivity index (χ3v) is 4.77. The van der Waals surface area contributed by atoms with Crippen LogP contribution in [0, 0.1) is 18.8 Å². The fourth-order valence-electron chi connectivity index (χ4n) is 3.09. The van der Waals surface area contributed by atoms with Crippen LogP contribution in [-0.2, 0) is 0 Å². The molecule has 3 heteroatoms. The highest BCUT2D eigenvalue weighted by atomic mass is 79.9. The van der Waals surface area contributed by atoms with Crippen molar-refractivity contribution < 1.29 is 0 Å². The zero-order valence-corrected chi connectivity index (χ0v) is 12.8. The molecule has 0 spiro atoms. The lowest BCUT2D eigenvalue weighted by molar-refractivity contribution is 0.232. The molecule has 3 N–H and O–H groups in total. The van der Waals surface area contributed by atoms with Crippen molar-refractivity contribution in [3.63, 3.8) is 0 Å². The molecular formula is C15H23BrN2. The maximum Gasteiger partial charge on any atom is 0.0490 e. The highest BCUT2D eigenvalue weighted by Crippen LogP contribution is 2.37. The highest BCUT2D eigenvalue weighted by Gasteiger charge is 2.27. The Labute approximate surface area is 118 Å². The van der Waals surface area contributed by atoms with Gasteiger partial charge in [-0.25, -0.2) is 0 Å². The van der Waals surface area contributed by atoms with Gasteiger partial charge in [0, 0.05) is 10.5 Å². The predicted molar refractivity (Wildman–Crippen MR) is 80.1 cm³/mol. The van der Waals surface area contributed by atoms with E-state index in [1.54, 1.807) is 0 Å². The first-order chi connectivity index (χ1) is 8.61. The number of hydrogen-bond donors (Lipinski definition) is 2. The Kier molecular flexibility index (Phi) is 4.82. The molecule has 0 radical (unpaired) electrons. The molecule has 1 unspecified atom stereocenters. The molecule has 2 nitrogen and oxygen atoms in total. The maximum atomic E-state index is 5.82. The molecule has 1 aromatic carbocycles. The number of hydrazine groups is 1. The second-order valence-electron chi connectivity index (χ2n) is 5.67. The first kappa shape index (κ1) is 14.0. The van der Waals surface area contributed by atoms with Crippen LogP contribution in [0.1, 0.15) is 49.8 Å². The lowest BCUT2D eigenvalue weighted by atomic mass is 9.77. The number of rotatable bonds is 3. The average Bonchev–Trinajstić information content (AvgIpc) is 2.35. The summed E-state index contributed by atoms with van der Waals surface area (Å²) in [6, 6.07) is 6.77. The second kappa shape index (κ2) is 6.18. The summed E-state index contributed by atoms with van der Waals surface area (Å²) >= 11 is 3.52. The SMILES string of the molecule is Cc1cc(Br)ccc1C(NN)C1CCC(C)CC1. The van der Waals surface area contributed by atoms with E-state index in [1.807, 2.05) is 0 Å². The topological polar surface area (TPSA) is 38.0 Å². The quantitative estimate of drug-likeness (QED) is 0.652. The summed E-state index contributed by atoms with van der Waals surface area (Å²) in [5.41, 5.74) is 5.71. The van der Waals surface area contributed by atoms with Crippen molar-refractivity contribution >= 4 is 15.9 Å². The summed E-state index contributed by atoms with van der Waals surface area (Å²) in [5.74, 6) is 7.37. The average molecular weight is 311 g/mol. The van der Waals surface area contributed by atoms with Crippen molar-refractivity contribution in [3.8, 4) is 0 Å². The van der Waals surface area contributed by atoms with E-state index >= 15 is 0 Å². The molecule has 0 aromatic heterocycles. The summed E-state index contributed by atoms with van der Waals surface area (Å²) in [7, 11) is 0. The third-order valence-electron chi connectivity index (χ3n) is 4.28. The van der Waals surface area contributed by atoms with Gasteiger partial charge in [0.2, 0.25) is 0 Å². The highest BCUT2D eigenvalue weighted by molar-refractivity contribution is 9.10. The molecule has 0 amide bonds. The molecule has 0 saturated heterocycles. The van der Waals surface area contributed by atoms with E-state index in [4.69, 9.17) is 5.84 Å². The van der Waals surface area contributed by atoms with E-state index in [-0.39, 0.29) is 0 Å².